The zero-order valence-corrected chi connectivity index (χ0v) is 20.8. The molecule has 9 nitrogen and oxygen atoms in total. The van der Waals surface area contributed by atoms with Crippen LogP contribution in [0, 0.1) is 0 Å². The summed E-state index contributed by atoms with van der Waals surface area (Å²) in [7, 11) is -4.70. The highest BCUT2D eigenvalue weighted by molar-refractivity contribution is 7.46. The van der Waals surface area contributed by atoms with Crippen LogP contribution >= 0.6 is 7.82 Å². The minimum Gasteiger partial charge on any atom is -0.422 e. The molecule has 0 unspecified atom stereocenters. The van der Waals surface area contributed by atoms with Gasteiger partial charge in [0, 0.05) is 31.7 Å². The number of carbonyl (C=O) groups excluding carboxylic acids is 2. The minimum atomic E-state index is -4.70. The van der Waals surface area contributed by atoms with Crippen molar-refractivity contribution in [1.82, 2.24) is 9.80 Å². The van der Waals surface area contributed by atoms with Gasteiger partial charge in [0.2, 0.25) is 6.79 Å². The minimum absolute atomic E-state index is 0.00464. The maximum atomic E-state index is 12.7. The molecule has 0 atom stereocenters. The van der Waals surface area contributed by atoms with Crippen LogP contribution in [0.1, 0.15) is 48.2 Å². The van der Waals surface area contributed by atoms with Crippen molar-refractivity contribution < 1.29 is 33.2 Å². The Morgan fingerprint density at radius 1 is 0.914 bits per heavy atom. The van der Waals surface area contributed by atoms with E-state index in [1.54, 1.807) is 4.90 Å². The standard InChI is InChI=1S/C25H31N2O7P/c1-3-26(4-2)24(28)22-12-10-20(11-13-22)23(19-8-6-5-7-9-19)21-14-16-27(17-15-21)25(29)33-18-34-35(30,31)32/h5-13H,3-4,14-18H2,1-2H3,(H2,30,31,32). The summed E-state index contributed by atoms with van der Waals surface area (Å²) in [4.78, 5) is 45.6. The highest BCUT2D eigenvalue weighted by Crippen LogP contribution is 2.36. The van der Waals surface area contributed by atoms with Crippen molar-refractivity contribution in [2.24, 2.45) is 0 Å². The van der Waals surface area contributed by atoms with Crippen molar-refractivity contribution in [3.05, 3.63) is 76.9 Å². The van der Waals surface area contributed by atoms with Crippen LogP contribution < -0.4 is 0 Å². The number of likely N-dealkylation sites (tertiary alicyclic amines) is 1. The van der Waals surface area contributed by atoms with Crippen LogP contribution in [-0.2, 0) is 13.8 Å². The molecule has 2 N–H and O–H groups in total. The lowest BCUT2D eigenvalue weighted by Gasteiger charge is -2.29. The number of ether oxygens (including phenoxy) is 1. The summed E-state index contributed by atoms with van der Waals surface area (Å²) < 4.78 is 19.7. The highest BCUT2D eigenvalue weighted by atomic mass is 31.2. The Morgan fingerprint density at radius 3 is 2.00 bits per heavy atom. The number of hydrogen-bond donors (Lipinski definition) is 2. The summed E-state index contributed by atoms with van der Waals surface area (Å²) in [5, 5.41) is 0. The van der Waals surface area contributed by atoms with E-state index in [0.717, 1.165) is 16.7 Å². The van der Waals surface area contributed by atoms with Gasteiger partial charge in [-0.25, -0.2) is 13.9 Å². The average molecular weight is 503 g/mol. The van der Waals surface area contributed by atoms with E-state index in [0.29, 0.717) is 44.6 Å². The van der Waals surface area contributed by atoms with Crippen LogP contribution in [-0.4, -0.2) is 64.6 Å². The summed E-state index contributed by atoms with van der Waals surface area (Å²) >= 11 is 0. The van der Waals surface area contributed by atoms with E-state index in [2.05, 4.69) is 4.52 Å². The third-order valence-corrected chi connectivity index (χ3v) is 6.36. The van der Waals surface area contributed by atoms with Gasteiger partial charge in [-0.1, -0.05) is 48.0 Å². The van der Waals surface area contributed by atoms with E-state index < -0.39 is 20.7 Å². The molecule has 35 heavy (non-hydrogen) atoms. The Kier molecular flexibility index (Phi) is 9.23. The fourth-order valence-electron chi connectivity index (χ4n) is 4.10. The molecule has 0 saturated carbocycles. The van der Waals surface area contributed by atoms with Gasteiger partial charge in [0.05, 0.1) is 0 Å². The van der Waals surface area contributed by atoms with Gasteiger partial charge in [0.15, 0.2) is 0 Å². The van der Waals surface area contributed by atoms with Crippen LogP contribution in [0.25, 0.3) is 5.57 Å². The molecule has 1 saturated heterocycles. The third-order valence-electron chi connectivity index (χ3n) is 5.92. The molecule has 0 bridgehead atoms. The zero-order chi connectivity index (χ0) is 25.4. The van der Waals surface area contributed by atoms with Crippen molar-refractivity contribution in [3.63, 3.8) is 0 Å². The lowest BCUT2D eigenvalue weighted by Crippen LogP contribution is -2.37. The Morgan fingerprint density at radius 2 is 1.46 bits per heavy atom. The van der Waals surface area contributed by atoms with Crippen LogP contribution in [0.4, 0.5) is 4.79 Å². The van der Waals surface area contributed by atoms with Crippen molar-refractivity contribution in [2.75, 3.05) is 33.0 Å². The van der Waals surface area contributed by atoms with Gasteiger partial charge < -0.3 is 24.3 Å². The largest absolute Gasteiger partial charge is 0.472 e. The second kappa shape index (κ2) is 12.1. The second-order valence-corrected chi connectivity index (χ2v) is 9.27. The fraction of sp³-hybridized carbons (Fsp3) is 0.360. The number of rotatable bonds is 8. The number of amides is 2. The first-order chi connectivity index (χ1) is 16.7. The Bertz CT molecular complexity index is 1080. The maximum Gasteiger partial charge on any atom is 0.472 e. The van der Waals surface area contributed by atoms with E-state index in [1.165, 1.54) is 10.5 Å². The molecule has 0 aliphatic carbocycles. The predicted molar refractivity (Wildman–Crippen MR) is 131 cm³/mol. The summed E-state index contributed by atoms with van der Waals surface area (Å²) in [6.45, 7) is 5.22. The molecular weight excluding hydrogens is 471 g/mol. The number of piperidine rings is 1. The second-order valence-electron chi connectivity index (χ2n) is 8.03. The predicted octanol–water partition coefficient (Wildman–Crippen LogP) is 4.27. The van der Waals surface area contributed by atoms with E-state index in [-0.39, 0.29) is 5.91 Å². The SMILES string of the molecule is CCN(CC)C(=O)c1ccc(C(=C2CCN(C(=O)OCOP(=O)(O)O)CC2)c2ccccc2)cc1. The van der Waals surface area contributed by atoms with Crippen molar-refractivity contribution in [2.45, 2.75) is 26.7 Å². The van der Waals surface area contributed by atoms with Gasteiger partial charge in [-0.15, -0.1) is 0 Å². The molecule has 2 aromatic rings. The average Bonchev–Trinajstić information content (AvgIpc) is 2.85. The first-order valence-electron chi connectivity index (χ1n) is 11.5. The number of nitrogens with zero attached hydrogens (tertiary/aromatic N) is 2. The lowest BCUT2D eigenvalue weighted by atomic mass is 9.88. The molecular formula is C25H31N2O7P. The lowest BCUT2D eigenvalue weighted by molar-refractivity contribution is 0.0193. The highest BCUT2D eigenvalue weighted by Gasteiger charge is 2.24. The van der Waals surface area contributed by atoms with Gasteiger partial charge >= 0.3 is 13.9 Å². The molecule has 1 aliphatic heterocycles. The third kappa shape index (κ3) is 7.26. The van der Waals surface area contributed by atoms with Gasteiger partial charge in [-0.2, -0.15) is 0 Å². The molecule has 0 radical (unpaired) electrons. The summed E-state index contributed by atoms with van der Waals surface area (Å²) in [5.74, 6) is 0.00464. The maximum absolute atomic E-state index is 12.7. The number of phosphoric ester groups is 1. The van der Waals surface area contributed by atoms with Crippen molar-refractivity contribution in [1.29, 1.82) is 0 Å². The molecule has 10 heteroatoms. The molecule has 0 spiro atoms. The first kappa shape index (κ1) is 26.6. The van der Waals surface area contributed by atoms with Gasteiger partial charge in [0.1, 0.15) is 0 Å². The summed E-state index contributed by atoms with van der Waals surface area (Å²) in [6, 6.07) is 17.6. The fourth-order valence-corrected chi connectivity index (χ4v) is 4.29. The monoisotopic (exact) mass is 502 g/mol. The van der Waals surface area contributed by atoms with Gasteiger partial charge in [-0.05, 0) is 55.5 Å². The number of phosphoric acid groups is 1. The van der Waals surface area contributed by atoms with E-state index in [1.807, 2.05) is 68.4 Å². The Labute approximate surface area is 205 Å². The van der Waals surface area contributed by atoms with E-state index in [4.69, 9.17) is 14.5 Å². The van der Waals surface area contributed by atoms with Crippen molar-refractivity contribution in [3.8, 4) is 0 Å². The molecule has 0 aromatic heterocycles. The molecule has 3 rings (SSSR count). The normalized spacial score (nSPS) is 13.9. The molecule has 1 aliphatic rings. The van der Waals surface area contributed by atoms with Gasteiger partial charge in [0.25, 0.3) is 5.91 Å². The molecule has 2 aromatic carbocycles. The summed E-state index contributed by atoms with van der Waals surface area (Å²) in [5.41, 5.74) is 4.94. The molecule has 1 fully saturated rings. The van der Waals surface area contributed by atoms with Crippen LogP contribution in [0.5, 0.6) is 0 Å². The van der Waals surface area contributed by atoms with Gasteiger partial charge in [-0.3, -0.25) is 4.79 Å². The topological polar surface area (TPSA) is 117 Å². The van der Waals surface area contributed by atoms with Crippen LogP contribution in [0.2, 0.25) is 0 Å². The Balaban J connectivity index is 1.79. The number of carbonyl (C=O) groups is 2. The number of benzene rings is 2. The molecule has 188 valence electrons. The summed E-state index contributed by atoms with van der Waals surface area (Å²) in [6.07, 6.45) is 0.537. The molecule has 2 amide bonds. The van der Waals surface area contributed by atoms with Crippen LogP contribution in [0.3, 0.4) is 0 Å². The zero-order valence-electron chi connectivity index (χ0n) is 19.9. The van der Waals surface area contributed by atoms with Crippen molar-refractivity contribution >= 4 is 25.4 Å². The van der Waals surface area contributed by atoms with E-state index in [9.17, 15) is 14.2 Å². The first-order valence-corrected chi connectivity index (χ1v) is 13.1. The van der Waals surface area contributed by atoms with Crippen LogP contribution in [0.15, 0.2) is 60.2 Å². The smallest absolute Gasteiger partial charge is 0.422 e. The number of hydrogen-bond acceptors (Lipinski definition) is 5. The quantitative estimate of drug-likeness (QED) is 0.409. The molecule has 1 heterocycles. The Hall–Kier alpha value is -2.97. The van der Waals surface area contributed by atoms with E-state index >= 15 is 0 Å².